The predicted octanol–water partition coefficient (Wildman–Crippen LogP) is 0.872. The first-order chi connectivity index (χ1) is 13.5. The summed E-state index contributed by atoms with van der Waals surface area (Å²) < 4.78 is 7.27. The zero-order valence-corrected chi connectivity index (χ0v) is 16.8. The van der Waals surface area contributed by atoms with E-state index in [9.17, 15) is 14.4 Å². The number of ether oxygens (including phenoxy) is 1. The Bertz CT molecular complexity index is 922. The molecule has 150 valence electrons. The lowest BCUT2D eigenvalue weighted by Gasteiger charge is -2.16. The molecule has 0 radical (unpaired) electrons. The standard InChI is InChI=1S/C19H24N4O4S/c1-22(2)17(25)10-20-16(24)12-28-19-21-15-8-4-3-7-14(15)18(26)23(19)11-13-6-5-9-27-13/h3-4,7-8,13H,5-6,9-12H2,1-2H3,(H,20,24)/t13-/m1/s1. The molecule has 28 heavy (non-hydrogen) atoms. The zero-order chi connectivity index (χ0) is 20.1. The molecule has 1 aliphatic rings. The van der Waals surface area contributed by atoms with Gasteiger partial charge in [-0.15, -0.1) is 0 Å². The Kier molecular flexibility index (Phi) is 6.69. The third-order valence-electron chi connectivity index (χ3n) is 4.50. The highest BCUT2D eigenvalue weighted by molar-refractivity contribution is 7.99. The summed E-state index contributed by atoms with van der Waals surface area (Å²) in [5.74, 6) is -0.402. The van der Waals surface area contributed by atoms with E-state index in [1.54, 1.807) is 30.8 Å². The maximum Gasteiger partial charge on any atom is 0.262 e. The number of thioether (sulfide) groups is 1. The third-order valence-corrected chi connectivity index (χ3v) is 5.48. The molecule has 9 heteroatoms. The number of carbonyl (C=O) groups is 2. The molecule has 2 aromatic rings. The SMILES string of the molecule is CN(C)C(=O)CNC(=O)CSc1nc2ccccc2c(=O)n1C[C@H]1CCCO1. The van der Waals surface area contributed by atoms with Crippen LogP contribution in [0.3, 0.4) is 0 Å². The maximum absolute atomic E-state index is 13.0. The van der Waals surface area contributed by atoms with Crippen molar-refractivity contribution in [3.63, 3.8) is 0 Å². The van der Waals surface area contributed by atoms with Gasteiger partial charge in [0.1, 0.15) is 0 Å². The van der Waals surface area contributed by atoms with Crippen molar-refractivity contribution in [2.75, 3.05) is 33.0 Å². The van der Waals surface area contributed by atoms with Crippen molar-refractivity contribution in [2.45, 2.75) is 30.6 Å². The van der Waals surface area contributed by atoms with E-state index in [2.05, 4.69) is 10.3 Å². The minimum atomic E-state index is -0.286. The molecule has 1 saturated heterocycles. The molecule has 0 aliphatic carbocycles. The number of benzene rings is 1. The van der Waals surface area contributed by atoms with E-state index < -0.39 is 0 Å². The fourth-order valence-corrected chi connectivity index (χ4v) is 3.76. The molecule has 0 saturated carbocycles. The largest absolute Gasteiger partial charge is 0.376 e. The first kappa shape index (κ1) is 20.3. The molecule has 2 heterocycles. The summed E-state index contributed by atoms with van der Waals surface area (Å²) in [6.07, 6.45) is 1.85. The number of likely N-dealkylation sites (N-methyl/N-ethyl adjacent to an activating group) is 1. The van der Waals surface area contributed by atoms with E-state index in [4.69, 9.17) is 4.74 Å². The third kappa shape index (κ3) is 4.90. The molecular formula is C19H24N4O4S. The topological polar surface area (TPSA) is 93.5 Å². The van der Waals surface area contributed by atoms with Crippen LogP contribution in [-0.2, 0) is 20.9 Å². The highest BCUT2D eigenvalue weighted by Crippen LogP contribution is 2.20. The van der Waals surface area contributed by atoms with Crippen LogP contribution < -0.4 is 10.9 Å². The van der Waals surface area contributed by atoms with Crippen LogP contribution in [0.15, 0.2) is 34.2 Å². The van der Waals surface area contributed by atoms with E-state index in [0.717, 1.165) is 12.8 Å². The van der Waals surface area contributed by atoms with E-state index in [-0.39, 0.29) is 35.8 Å². The second-order valence-electron chi connectivity index (χ2n) is 6.82. The summed E-state index contributed by atoms with van der Waals surface area (Å²) in [7, 11) is 3.26. The van der Waals surface area contributed by atoms with Gasteiger partial charge in [-0.05, 0) is 25.0 Å². The van der Waals surface area contributed by atoms with Crippen molar-refractivity contribution in [3.05, 3.63) is 34.6 Å². The summed E-state index contributed by atoms with van der Waals surface area (Å²) in [6.45, 7) is 1.06. The van der Waals surface area contributed by atoms with Gasteiger partial charge in [0.05, 0.1) is 35.8 Å². The second-order valence-corrected chi connectivity index (χ2v) is 7.76. The molecule has 2 amide bonds. The number of nitrogens with one attached hydrogen (secondary N) is 1. The van der Waals surface area contributed by atoms with Gasteiger partial charge in [0.2, 0.25) is 11.8 Å². The van der Waals surface area contributed by atoms with Crippen molar-refractivity contribution in [1.29, 1.82) is 0 Å². The van der Waals surface area contributed by atoms with Crippen LogP contribution in [0.4, 0.5) is 0 Å². The normalized spacial score (nSPS) is 16.3. The van der Waals surface area contributed by atoms with Gasteiger partial charge in [-0.25, -0.2) is 4.98 Å². The first-order valence-electron chi connectivity index (χ1n) is 9.16. The zero-order valence-electron chi connectivity index (χ0n) is 16.0. The fourth-order valence-electron chi connectivity index (χ4n) is 2.92. The quantitative estimate of drug-likeness (QED) is 0.544. The summed E-state index contributed by atoms with van der Waals surface area (Å²) in [6, 6.07) is 7.18. The Labute approximate surface area is 167 Å². The highest BCUT2D eigenvalue weighted by atomic mass is 32.2. The average molecular weight is 404 g/mol. The summed E-state index contributed by atoms with van der Waals surface area (Å²) in [4.78, 5) is 42.7. The smallest absolute Gasteiger partial charge is 0.262 e. The molecule has 0 unspecified atom stereocenters. The lowest BCUT2D eigenvalue weighted by Crippen LogP contribution is -2.37. The lowest BCUT2D eigenvalue weighted by molar-refractivity contribution is -0.130. The van der Waals surface area contributed by atoms with E-state index >= 15 is 0 Å². The van der Waals surface area contributed by atoms with Gasteiger partial charge in [0, 0.05) is 20.7 Å². The summed E-state index contributed by atoms with van der Waals surface area (Å²) >= 11 is 1.19. The van der Waals surface area contributed by atoms with Crippen LogP contribution >= 0.6 is 11.8 Å². The van der Waals surface area contributed by atoms with Crippen LogP contribution in [0, 0.1) is 0 Å². The van der Waals surface area contributed by atoms with Crippen molar-refractivity contribution in [2.24, 2.45) is 0 Å². The minimum absolute atomic E-state index is 0.0217. The molecule has 1 N–H and O–H groups in total. The van der Waals surface area contributed by atoms with Crippen molar-refractivity contribution < 1.29 is 14.3 Å². The molecular weight excluding hydrogens is 380 g/mol. The van der Waals surface area contributed by atoms with Crippen LogP contribution in [0.1, 0.15) is 12.8 Å². The number of hydrogen-bond donors (Lipinski definition) is 1. The van der Waals surface area contributed by atoms with Gasteiger partial charge >= 0.3 is 0 Å². The Morgan fingerprint density at radius 1 is 1.36 bits per heavy atom. The molecule has 0 bridgehead atoms. The average Bonchev–Trinajstić information content (AvgIpc) is 3.20. The van der Waals surface area contributed by atoms with Gasteiger partial charge in [-0.3, -0.25) is 19.0 Å². The van der Waals surface area contributed by atoms with E-state index in [1.807, 2.05) is 12.1 Å². The Balaban J connectivity index is 1.77. The molecule has 0 spiro atoms. The van der Waals surface area contributed by atoms with Crippen molar-refractivity contribution >= 4 is 34.5 Å². The Morgan fingerprint density at radius 3 is 2.86 bits per heavy atom. The molecule has 8 nitrogen and oxygen atoms in total. The molecule has 1 aromatic heterocycles. The van der Waals surface area contributed by atoms with Crippen molar-refractivity contribution in [3.8, 4) is 0 Å². The summed E-state index contributed by atoms with van der Waals surface area (Å²) in [5, 5.41) is 3.61. The van der Waals surface area contributed by atoms with Gasteiger partial charge < -0.3 is 15.0 Å². The number of carbonyl (C=O) groups excluding carboxylic acids is 2. The molecule has 3 rings (SSSR count). The van der Waals surface area contributed by atoms with Gasteiger partial charge in [-0.1, -0.05) is 23.9 Å². The number of aromatic nitrogens is 2. The number of amides is 2. The molecule has 1 fully saturated rings. The second kappa shape index (κ2) is 9.20. The maximum atomic E-state index is 13.0. The molecule has 1 aromatic carbocycles. The van der Waals surface area contributed by atoms with E-state index in [1.165, 1.54) is 16.7 Å². The van der Waals surface area contributed by atoms with Crippen LogP contribution in [0.25, 0.3) is 10.9 Å². The number of fused-ring (bicyclic) bond motifs is 1. The molecule has 1 atom stereocenters. The number of hydrogen-bond acceptors (Lipinski definition) is 6. The predicted molar refractivity (Wildman–Crippen MR) is 107 cm³/mol. The Morgan fingerprint density at radius 2 is 2.14 bits per heavy atom. The molecule has 1 aliphatic heterocycles. The highest BCUT2D eigenvalue weighted by Gasteiger charge is 2.20. The van der Waals surface area contributed by atoms with Gasteiger partial charge in [-0.2, -0.15) is 0 Å². The minimum Gasteiger partial charge on any atom is -0.376 e. The van der Waals surface area contributed by atoms with Gasteiger partial charge in [0.15, 0.2) is 5.16 Å². The first-order valence-corrected chi connectivity index (χ1v) is 10.1. The number of rotatable bonds is 7. The van der Waals surface area contributed by atoms with Crippen molar-refractivity contribution in [1.82, 2.24) is 19.8 Å². The monoisotopic (exact) mass is 404 g/mol. The van der Waals surface area contributed by atoms with Crippen LogP contribution in [0.5, 0.6) is 0 Å². The van der Waals surface area contributed by atoms with Crippen LogP contribution in [0.2, 0.25) is 0 Å². The Hall–Kier alpha value is -2.39. The van der Waals surface area contributed by atoms with E-state index in [0.29, 0.717) is 29.2 Å². The number of nitrogens with zero attached hydrogens (tertiary/aromatic N) is 3. The number of para-hydroxylation sites is 1. The van der Waals surface area contributed by atoms with Crippen LogP contribution in [-0.4, -0.2) is 65.4 Å². The fraction of sp³-hybridized carbons (Fsp3) is 0.474. The summed E-state index contributed by atoms with van der Waals surface area (Å²) in [5.41, 5.74) is 0.466. The lowest BCUT2D eigenvalue weighted by atomic mass is 10.2. The van der Waals surface area contributed by atoms with Gasteiger partial charge in [0.25, 0.3) is 5.56 Å².